The van der Waals surface area contributed by atoms with Crippen LogP contribution in [0.15, 0.2) is 54.7 Å². The van der Waals surface area contributed by atoms with Gasteiger partial charge < -0.3 is 10.6 Å². The van der Waals surface area contributed by atoms with Crippen LogP contribution in [-0.2, 0) is 0 Å². The lowest BCUT2D eigenvalue weighted by atomic mass is 10.1. The van der Waals surface area contributed by atoms with E-state index in [-0.39, 0.29) is 5.82 Å². The van der Waals surface area contributed by atoms with Gasteiger partial charge in [-0.15, -0.1) is 0 Å². The van der Waals surface area contributed by atoms with E-state index < -0.39 is 0 Å². The van der Waals surface area contributed by atoms with Crippen LogP contribution in [0.3, 0.4) is 0 Å². The fourth-order valence-corrected chi connectivity index (χ4v) is 2.25. The average Bonchev–Trinajstić information content (AvgIpc) is 2.46. The number of nitrogen functional groups attached to an aromatic ring is 1. The molecule has 0 amide bonds. The zero-order valence-electron chi connectivity index (χ0n) is 11.0. The first-order valence-corrected chi connectivity index (χ1v) is 6.29. The van der Waals surface area contributed by atoms with Crippen molar-refractivity contribution in [2.75, 3.05) is 17.7 Å². The summed E-state index contributed by atoms with van der Waals surface area (Å²) in [5.74, 6) is -0.241. The molecular weight excluding hydrogens is 253 g/mol. The number of nitrogens with two attached hydrogens (primary N) is 1. The highest BCUT2D eigenvalue weighted by atomic mass is 19.1. The molecule has 0 radical (unpaired) electrons. The summed E-state index contributed by atoms with van der Waals surface area (Å²) < 4.78 is 13.0. The van der Waals surface area contributed by atoms with Crippen molar-refractivity contribution in [1.82, 2.24) is 4.98 Å². The summed E-state index contributed by atoms with van der Waals surface area (Å²) in [7, 11) is 1.94. The number of anilines is 3. The molecule has 0 bridgehead atoms. The largest absolute Gasteiger partial charge is 0.399 e. The van der Waals surface area contributed by atoms with Crippen LogP contribution < -0.4 is 10.6 Å². The third-order valence-electron chi connectivity index (χ3n) is 3.32. The number of rotatable bonds is 2. The van der Waals surface area contributed by atoms with Gasteiger partial charge in [0.05, 0.1) is 11.2 Å². The summed E-state index contributed by atoms with van der Waals surface area (Å²) in [4.78, 5) is 6.33. The van der Waals surface area contributed by atoms with Gasteiger partial charge in [-0.1, -0.05) is 0 Å². The zero-order chi connectivity index (χ0) is 14.1. The Morgan fingerprint density at radius 2 is 1.80 bits per heavy atom. The van der Waals surface area contributed by atoms with Crippen molar-refractivity contribution in [3.05, 3.63) is 60.5 Å². The molecule has 2 N–H and O–H groups in total. The minimum absolute atomic E-state index is 0.241. The monoisotopic (exact) mass is 267 g/mol. The minimum atomic E-state index is -0.241. The molecular formula is C16H14FN3. The number of aromatic nitrogens is 1. The Bertz CT molecular complexity index is 753. The Morgan fingerprint density at radius 3 is 2.55 bits per heavy atom. The van der Waals surface area contributed by atoms with Gasteiger partial charge in [0, 0.05) is 30.0 Å². The Morgan fingerprint density at radius 1 is 1.05 bits per heavy atom. The number of fused-ring (bicyclic) bond motifs is 1. The number of halogens is 1. The van der Waals surface area contributed by atoms with E-state index in [1.807, 2.05) is 36.2 Å². The van der Waals surface area contributed by atoms with E-state index >= 15 is 0 Å². The lowest BCUT2D eigenvalue weighted by molar-refractivity contribution is 0.628. The predicted octanol–water partition coefficient (Wildman–Crippen LogP) is 3.72. The van der Waals surface area contributed by atoms with E-state index in [0.717, 1.165) is 22.3 Å². The smallest absolute Gasteiger partial charge is 0.123 e. The van der Waals surface area contributed by atoms with Crippen LogP contribution in [0, 0.1) is 5.82 Å². The molecule has 0 aliphatic rings. The summed E-state index contributed by atoms with van der Waals surface area (Å²) in [6.45, 7) is 0. The third-order valence-corrected chi connectivity index (χ3v) is 3.32. The van der Waals surface area contributed by atoms with Crippen LogP contribution in [0.2, 0.25) is 0 Å². The molecule has 3 rings (SSSR count). The van der Waals surface area contributed by atoms with E-state index in [1.165, 1.54) is 12.1 Å². The highest BCUT2D eigenvalue weighted by molar-refractivity contribution is 5.94. The van der Waals surface area contributed by atoms with Crippen molar-refractivity contribution < 1.29 is 4.39 Å². The van der Waals surface area contributed by atoms with Crippen LogP contribution in [-0.4, -0.2) is 12.0 Å². The van der Waals surface area contributed by atoms with E-state index in [1.54, 1.807) is 18.3 Å². The van der Waals surface area contributed by atoms with Gasteiger partial charge in [-0.3, -0.25) is 4.98 Å². The zero-order valence-corrected chi connectivity index (χ0v) is 11.0. The Balaban J connectivity index is 2.11. The van der Waals surface area contributed by atoms with Crippen molar-refractivity contribution in [3.8, 4) is 0 Å². The normalized spacial score (nSPS) is 10.7. The first-order chi connectivity index (χ1) is 9.65. The summed E-state index contributed by atoms with van der Waals surface area (Å²) in [5, 5.41) is 1.01. The molecule has 100 valence electrons. The van der Waals surface area contributed by atoms with Crippen LogP contribution in [0.4, 0.5) is 21.5 Å². The summed E-state index contributed by atoms with van der Waals surface area (Å²) in [6, 6.07) is 14.0. The SMILES string of the molecule is CN(c1ccc(F)cc1)c1ccnc2cc(N)ccc12. The van der Waals surface area contributed by atoms with E-state index in [4.69, 9.17) is 5.73 Å². The second-order valence-corrected chi connectivity index (χ2v) is 4.64. The molecule has 0 spiro atoms. The van der Waals surface area contributed by atoms with Gasteiger partial charge in [-0.25, -0.2) is 4.39 Å². The fraction of sp³-hybridized carbons (Fsp3) is 0.0625. The molecule has 0 aliphatic carbocycles. The van der Waals surface area contributed by atoms with Gasteiger partial charge in [-0.2, -0.15) is 0 Å². The minimum Gasteiger partial charge on any atom is -0.399 e. The molecule has 0 saturated heterocycles. The molecule has 0 fully saturated rings. The maximum Gasteiger partial charge on any atom is 0.123 e. The second kappa shape index (κ2) is 4.81. The molecule has 0 aliphatic heterocycles. The molecule has 20 heavy (non-hydrogen) atoms. The van der Waals surface area contributed by atoms with Crippen molar-refractivity contribution in [1.29, 1.82) is 0 Å². The molecule has 0 atom stereocenters. The standard InChI is InChI=1S/C16H14FN3/c1-20(13-5-2-11(17)3-6-13)16-8-9-19-15-10-12(18)4-7-14(15)16/h2-10H,18H2,1H3. The summed E-state index contributed by atoms with van der Waals surface area (Å²) in [5.41, 5.74) is 9.23. The van der Waals surface area contributed by atoms with E-state index in [0.29, 0.717) is 5.69 Å². The summed E-state index contributed by atoms with van der Waals surface area (Å²) in [6.07, 6.45) is 1.75. The van der Waals surface area contributed by atoms with Crippen LogP contribution in [0.1, 0.15) is 0 Å². The van der Waals surface area contributed by atoms with Crippen molar-refractivity contribution >= 4 is 28.0 Å². The summed E-state index contributed by atoms with van der Waals surface area (Å²) >= 11 is 0. The van der Waals surface area contributed by atoms with E-state index in [9.17, 15) is 4.39 Å². The van der Waals surface area contributed by atoms with Crippen molar-refractivity contribution in [3.63, 3.8) is 0 Å². The number of benzene rings is 2. The molecule has 3 nitrogen and oxygen atoms in total. The maximum atomic E-state index is 13.0. The lowest BCUT2D eigenvalue weighted by Crippen LogP contribution is -2.10. The Hall–Kier alpha value is -2.62. The van der Waals surface area contributed by atoms with Crippen LogP contribution in [0.5, 0.6) is 0 Å². The van der Waals surface area contributed by atoms with E-state index in [2.05, 4.69) is 4.98 Å². The van der Waals surface area contributed by atoms with Crippen molar-refractivity contribution in [2.24, 2.45) is 0 Å². The van der Waals surface area contributed by atoms with Gasteiger partial charge in [0.2, 0.25) is 0 Å². The molecule has 0 saturated carbocycles. The van der Waals surface area contributed by atoms with Crippen LogP contribution >= 0.6 is 0 Å². The molecule has 4 heteroatoms. The second-order valence-electron chi connectivity index (χ2n) is 4.64. The topological polar surface area (TPSA) is 42.2 Å². The number of nitrogens with zero attached hydrogens (tertiary/aromatic N) is 2. The average molecular weight is 267 g/mol. The maximum absolute atomic E-state index is 13.0. The van der Waals surface area contributed by atoms with Gasteiger partial charge in [0.15, 0.2) is 0 Å². The quantitative estimate of drug-likeness (QED) is 0.719. The Kier molecular flexibility index (Phi) is 2.99. The highest BCUT2D eigenvalue weighted by Gasteiger charge is 2.09. The molecule has 1 heterocycles. The highest BCUT2D eigenvalue weighted by Crippen LogP contribution is 2.30. The van der Waals surface area contributed by atoms with Gasteiger partial charge in [0.25, 0.3) is 0 Å². The van der Waals surface area contributed by atoms with Gasteiger partial charge in [-0.05, 0) is 48.5 Å². The first-order valence-electron chi connectivity index (χ1n) is 6.29. The number of hydrogen-bond acceptors (Lipinski definition) is 3. The van der Waals surface area contributed by atoms with Gasteiger partial charge >= 0.3 is 0 Å². The predicted molar refractivity (Wildman–Crippen MR) is 80.6 cm³/mol. The lowest BCUT2D eigenvalue weighted by Gasteiger charge is -2.21. The fourth-order valence-electron chi connectivity index (χ4n) is 2.25. The molecule has 0 unspecified atom stereocenters. The van der Waals surface area contributed by atoms with Gasteiger partial charge in [0.1, 0.15) is 5.82 Å². The molecule has 2 aromatic carbocycles. The molecule has 3 aromatic rings. The Labute approximate surface area is 116 Å². The van der Waals surface area contributed by atoms with Crippen LogP contribution in [0.25, 0.3) is 10.9 Å². The molecule has 1 aromatic heterocycles. The number of pyridine rings is 1. The van der Waals surface area contributed by atoms with Crippen molar-refractivity contribution in [2.45, 2.75) is 0 Å². The first kappa shape index (κ1) is 12.4. The third kappa shape index (κ3) is 2.16. The number of hydrogen-bond donors (Lipinski definition) is 1.